The number of benzene rings is 2. The standard InChI is InChI=1S/C28H20N4/c1-2-9-19(10-3-1)32-24-14-6-4-12-21(24)23-17-26-27(30-28(23)32)22-13-5-7-15-25(22)31(26)20-11-8-16-29-18-20/h1-9,11-19H,10H2. The fourth-order valence-electron chi connectivity index (χ4n) is 5.13. The number of rotatable bonds is 2. The zero-order valence-corrected chi connectivity index (χ0v) is 17.4. The second kappa shape index (κ2) is 6.66. The van der Waals surface area contributed by atoms with Crippen LogP contribution in [0.2, 0.25) is 0 Å². The van der Waals surface area contributed by atoms with E-state index >= 15 is 0 Å². The van der Waals surface area contributed by atoms with Crippen LogP contribution in [0.1, 0.15) is 12.5 Å². The second-order valence-electron chi connectivity index (χ2n) is 8.29. The summed E-state index contributed by atoms with van der Waals surface area (Å²) >= 11 is 0. The zero-order chi connectivity index (χ0) is 21.1. The van der Waals surface area contributed by atoms with Gasteiger partial charge in [-0.1, -0.05) is 60.7 Å². The van der Waals surface area contributed by atoms with Gasteiger partial charge < -0.3 is 9.13 Å². The van der Waals surface area contributed by atoms with Crippen molar-refractivity contribution in [2.45, 2.75) is 12.5 Å². The van der Waals surface area contributed by atoms with Crippen molar-refractivity contribution in [3.8, 4) is 5.69 Å². The maximum Gasteiger partial charge on any atom is 0.142 e. The average Bonchev–Trinajstić information content (AvgIpc) is 3.36. The number of allylic oxidation sites excluding steroid dienone is 4. The number of para-hydroxylation sites is 2. The summed E-state index contributed by atoms with van der Waals surface area (Å²) in [5, 5.41) is 3.58. The number of nitrogens with zero attached hydrogens (tertiary/aromatic N) is 4. The highest BCUT2D eigenvalue weighted by Crippen LogP contribution is 2.38. The molecule has 152 valence electrons. The number of hydrogen-bond donors (Lipinski definition) is 0. The van der Waals surface area contributed by atoms with E-state index in [4.69, 9.17) is 4.98 Å². The molecule has 0 spiro atoms. The molecule has 4 heterocycles. The van der Waals surface area contributed by atoms with Gasteiger partial charge in [-0.05, 0) is 36.8 Å². The fourth-order valence-corrected chi connectivity index (χ4v) is 5.13. The first-order chi connectivity index (χ1) is 15.9. The summed E-state index contributed by atoms with van der Waals surface area (Å²) in [6.45, 7) is 0. The summed E-state index contributed by atoms with van der Waals surface area (Å²) in [5.74, 6) is 0. The van der Waals surface area contributed by atoms with Crippen LogP contribution >= 0.6 is 0 Å². The predicted molar refractivity (Wildman–Crippen MR) is 131 cm³/mol. The first-order valence-electron chi connectivity index (χ1n) is 11.0. The Labute approximate surface area is 184 Å². The van der Waals surface area contributed by atoms with Gasteiger partial charge in [-0.25, -0.2) is 4.98 Å². The van der Waals surface area contributed by atoms with Gasteiger partial charge >= 0.3 is 0 Å². The lowest BCUT2D eigenvalue weighted by atomic mass is 10.1. The predicted octanol–water partition coefficient (Wildman–Crippen LogP) is 6.74. The van der Waals surface area contributed by atoms with E-state index in [1.54, 1.807) is 0 Å². The first kappa shape index (κ1) is 17.5. The van der Waals surface area contributed by atoms with Gasteiger partial charge in [0.05, 0.1) is 40.0 Å². The van der Waals surface area contributed by atoms with Crippen LogP contribution in [0.4, 0.5) is 0 Å². The van der Waals surface area contributed by atoms with Crippen molar-refractivity contribution in [1.82, 2.24) is 19.1 Å². The van der Waals surface area contributed by atoms with Crippen molar-refractivity contribution in [3.05, 3.63) is 103 Å². The molecule has 1 atom stereocenters. The van der Waals surface area contributed by atoms with Gasteiger partial charge in [0, 0.05) is 22.4 Å². The molecule has 0 saturated heterocycles. The number of aromatic nitrogens is 4. The maximum atomic E-state index is 5.33. The summed E-state index contributed by atoms with van der Waals surface area (Å²) in [6, 6.07) is 23.8. The highest BCUT2D eigenvalue weighted by atomic mass is 15.1. The molecule has 1 aliphatic carbocycles. The monoisotopic (exact) mass is 412 g/mol. The highest BCUT2D eigenvalue weighted by Gasteiger charge is 2.21. The number of fused-ring (bicyclic) bond motifs is 6. The molecule has 1 unspecified atom stereocenters. The lowest BCUT2D eigenvalue weighted by Crippen LogP contribution is -2.07. The molecule has 6 aromatic rings. The van der Waals surface area contributed by atoms with E-state index in [0.29, 0.717) is 0 Å². The van der Waals surface area contributed by atoms with E-state index in [1.807, 2.05) is 18.5 Å². The molecule has 32 heavy (non-hydrogen) atoms. The van der Waals surface area contributed by atoms with E-state index in [9.17, 15) is 0 Å². The molecular weight excluding hydrogens is 392 g/mol. The van der Waals surface area contributed by atoms with Gasteiger partial charge in [0.2, 0.25) is 0 Å². The summed E-state index contributed by atoms with van der Waals surface area (Å²) in [6.07, 6.45) is 13.5. The fraction of sp³-hybridized carbons (Fsp3) is 0.0714. The van der Waals surface area contributed by atoms with E-state index in [1.165, 1.54) is 16.3 Å². The molecule has 0 amide bonds. The summed E-state index contributed by atoms with van der Waals surface area (Å²) in [4.78, 5) is 9.70. The normalized spacial score (nSPS) is 16.1. The van der Waals surface area contributed by atoms with Crippen LogP contribution in [0.3, 0.4) is 0 Å². The van der Waals surface area contributed by atoms with Gasteiger partial charge in [0.15, 0.2) is 0 Å². The molecule has 1 aliphatic rings. The van der Waals surface area contributed by atoms with Crippen molar-refractivity contribution in [2.75, 3.05) is 0 Å². The molecule has 0 aliphatic heterocycles. The minimum atomic E-state index is 0.263. The molecule has 0 saturated carbocycles. The van der Waals surface area contributed by atoms with Crippen molar-refractivity contribution in [3.63, 3.8) is 0 Å². The van der Waals surface area contributed by atoms with Crippen LogP contribution < -0.4 is 0 Å². The topological polar surface area (TPSA) is 35.6 Å². The van der Waals surface area contributed by atoms with Crippen LogP contribution in [0.15, 0.2) is 103 Å². The van der Waals surface area contributed by atoms with Crippen molar-refractivity contribution in [1.29, 1.82) is 0 Å². The van der Waals surface area contributed by atoms with Crippen LogP contribution in [0, 0.1) is 0 Å². The Balaban J connectivity index is 1.66. The third kappa shape index (κ3) is 2.38. The summed E-state index contributed by atoms with van der Waals surface area (Å²) in [5.41, 5.74) is 6.59. The first-order valence-corrected chi connectivity index (χ1v) is 11.0. The molecule has 4 nitrogen and oxygen atoms in total. The van der Waals surface area contributed by atoms with Crippen LogP contribution in [0.25, 0.3) is 49.6 Å². The van der Waals surface area contributed by atoms with Crippen molar-refractivity contribution < 1.29 is 0 Å². The van der Waals surface area contributed by atoms with Crippen LogP contribution in [0.5, 0.6) is 0 Å². The Morgan fingerprint density at radius 3 is 2.44 bits per heavy atom. The molecule has 0 N–H and O–H groups in total. The van der Waals surface area contributed by atoms with Gasteiger partial charge in [-0.15, -0.1) is 0 Å². The number of pyridine rings is 2. The Morgan fingerprint density at radius 1 is 0.781 bits per heavy atom. The Morgan fingerprint density at radius 2 is 1.62 bits per heavy atom. The van der Waals surface area contributed by atoms with Gasteiger partial charge in [-0.2, -0.15) is 0 Å². The van der Waals surface area contributed by atoms with E-state index < -0.39 is 0 Å². The largest absolute Gasteiger partial charge is 0.318 e. The van der Waals surface area contributed by atoms with E-state index in [0.717, 1.165) is 39.7 Å². The summed E-state index contributed by atoms with van der Waals surface area (Å²) < 4.78 is 4.68. The Hall–Kier alpha value is -4.18. The van der Waals surface area contributed by atoms with Gasteiger partial charge in [0.1, 0.15) is 5.65 Å². The molecule has 2 aromatic carbocycles. The zero-order valence-electron chi connectivity index (χ0n) is 17.4. The van der Waals surface area contributed by atoms with Gasteiger partial charge in [-0.3, -0.25) is 4.98 Å². The highest BCUT2D eigenvalue weighted by molar-refractivity contribution is 6.15. The van der Waals surface area contributed by atoms with Crippen LogP contribution in [-0.4, -0.2) is 19.1 Å². The molecule has 7 rings (SSSR count). The lowest BCUT2D eigenvalue weighted by molar-refractivity contribution is 0.643. The van der Waals surface area contributed by atoms with Crippen LogP contribution in [-0.2, 0) is 0 Å². The minimum Gasteiger partial charge on any atom is -0.318 e. The molecule has 0 bridgehead atoms. The molecule has 4 aromatic heterocycles. The molecule has 0 fully saturated rings. The maximum absolute atomic E-state index is 5.33. The smallest absolute Gasteiger partial charge is 0.142 e. The Bertz CT molecular complexity index is 1700. The van der Waals surface area contributed by atoms with E-state index in [-0.39, 0.29) is 6.04 Å². The number of hydrogen-bond acceptors (Lipinski definition) is 2. The third-order valence-corrected chi connectivity index (χ3v) is 6.50. The quantitative estimate of drug-likeness (QED) is 0.316. The average molecular weight is 412 g/mol. The second-order valence-corrected chi connectivity index (χ2v) is 8.29. The minimum absolute atomic E-state index is 0.263. The van der Waals surface area contributed by atoms with Crippen molar-refractivity contribution >= 4 is 43.9 Å². The summed E-state index contributed by atoms with van der Waals surface area (Å²) in [7, 11) is 0. The Kier molecular flexibility index (Phi) is 3.64. The molecule has 0 radical (unpaired) electrons. The van der Waals surface area contributed by atoms with E-state index in [2.05, 4.69) is 99.1 Å². The SMILES string of the molecule is C1=CCC(n2c3ccccc3c3cc4c(nc32)c2ccccc2n4-c2cccnc2)C=C1. The molecular formula is C28H20N4. The lowest BCUT2D eigenvalue weighted by Gasteiger charge is -2.17. The van der Waals surface area contributed by atoms with Crippen molar-refractivity contribution in [2.24, 2.45) is 0 Å². The third-order valence-electron chi connectivity index (χ3n) is 6.50. The molecule has 4 heteroatoms. The van der Waals surface area contributed by atoms with Gasteiger partial charge in [0.25, 0.3) is 0 Å².